The van der Waals surface area contributed by atoms with Crippen molar-refractivity contribution in [3.05, 3.63) is 34.9 Å². The number of benzene rings is 1. The van der Waals surface area contributed by atoms with Crippen LogP contribution in [-0.4, -0.2) is 36.2 Å². The van der Waals surface area contributed by atoms with E-state index in [4.69, 9.17) is 14.2 Å². The van der Waals surface area contributed by atoms with Crippen LogP contribution in [0.1, 0.15) is 147 Å². The molecule has 0 atom stereocenters. The summed E-state index contributed by atoms with van der Waals surface area (Å²) in [6, 6.07) is 4.54. The zero-order chi connectivity index (χ0) is 25.2. The number of hydrogen-bond acceptors (Lipinski definition) is 6. The first-order valence-electron chi connectivity index (χ1n) is 14.4. The van der Waals surface area contributed by atoms with Gasteiger partial charge in [0.1, 0.15) is 18.3 Å². The fraction of sp³-hybridized carbons (Fsp3) is 0.700. The van der Waals surface area contributed by atoms with Crippen molar-refractivity contribution in [3.8, 4) is 0 Å². The summed E-state index contributed by atoms with van der Waals surface area (Å²) in [6.07, 6.45) is 18.0. The van der Waals surface area contributed by atoms with E-state index in [1.54, 1.807) is 0 Å². The van der Waals surface area contributed by atoms with Crippen molar-refractivity contribution in [3.63, 3.8) is 0 Å². The van der Waals surface area contributed by atoms with Crippen LogP contribution < -0.4 is 0 Å². The number of carbonyl (C=O) groups excluding carboxylic acids is 3. The molecule has 0 radical (unpaired) electrons. The summed E-state index contributed by atoms with van der Waals surface area (Å²) in [5, 5.41) is 0. The molecule has 0 amide bonds. The van der Waals surface area contributed by atoms with Crippen molar-refractivity contribution in [2.75, 3.05) is 0 Å². The summed E-state index contributed by atoms with van der Waals surface area (Å²) >= 11 is 0. The molecule has 4 rings (SSSR count). The van der Waals surface area contributed by atoms with Gasteiger partial charge in [-0.1, -0.05) is 38.5 Å². The molecule has 0 aliphatic heterocycles. The highest BCUT2D eigenvalue weighted by atomic mass is 16.6. The fourth-order valence-corrected chi connectivity index (χ4v) is 5.72. The summed E-state index contributed by atoms with van der Waals surface area (Å²) in [5.74, 6) is -1.47. The number of ether oxygens (including phenoxy) is 3. The van der Waals surface area contributed by atoms with Crippen molar-refractivity contribution in [1.82, 2.24) is 0 Å². The van der Waals surface area contributed by atoms with Crippen LogP contribution in [0.4, 0.5) is 0 Å². The van der Waals surface area contributed by atoms with Gasteiger partial charge in [-0.05, 0) is 95.2 Å². The quantitative estimate of drug-likeness (QED) is 0.232. The molecule has 0 N–H and O–H groups in total. The van der Waals surface area contributed by atoms with Gasteiger partial charge in [0, 0.05) is 0 Å². The van der Waals surface area contributed by atoms with E-state index in [0.717, 1.165) is 116 Å². The van der Waals surface area contributed by atoms with Crippen molar-refractivity contribution >= 4 is 17.9 Å². The molecule has 36 heavy (non-hydrogen) atoms. The molecule has 0 spiro atoms. The molecule has 1 aromatic rings. The lowest BCUT2D eigenvalue weighted by Crippen LogP contribution is -2.22. The SMILES string of the molecule is O=C(OC1CCCCCC1)c1cc(C(=O)OC2CCCCCC2)cc(C(=O)OC2CCCCCC2)c1. The minimum absolute atomic E-state index is 0.122. The maximum absolute atomic E-state index is 13.1. The normalized spacial score (nSPS) is 21.0. The third-order valence-corrected chi connectivity index (χ3v) is 7.87. The minimum atomic E-state index is -0.491. The van der Waals surface area contributed by atoms with Gasteiger partial charge in [0.05, 0.1) is 16.7 Å². The lowest BCUT2D eigenvalue weighted by Gasteiger charge is -2.19. The van der Waals surface area contributed by atoms with Crippen LogP contribution >= 0.6 is 0 Å². The van der Waals surface area contributed by atoms with E-state index < -0.39 is 17.9 Å². The number of esters is 3. The van der Waals surface area contributed by atoms with E-state index >= 15 is 0 Å². The Morgan fingerprint density at radius 3 is 0.861 bits per heavy atom. The molecule has 6 heteroatoms. The van der Waals surface area contributed by atoms with Crippen LogP contribution in [0, 0.1) is 0 Å². The van der Waals surface area contributed by atoms with E-state index in [2.05, 4.69) is 0 Å². The second kappa shape index (κ2) is 13.8. The average molecular weight is 499 g/mol. The Kier molecular flexibility index (Phi) is 10.2. The van der Waals surface area contributed by atoms with Crippen molar-refractivity contribution in [2.45, 2.75) is 134 Å². The van der Waals surface area contributed by atoms with E-state index in [1.807, 2.05) is 0 Å². The first-order chi connectivity index (χ1) is 17.6. The van der Waals surface area contributed by atoms with Crippen molar-refractivity contribution in [2.24, 2.45) is 0 Å². The van der Waals surface area contributed by atoms with Gasteiger partial charge in [-0.25, -0.2) is 14.4 Å². The largest absolute Gasteiger partial charge is 0.459 e. The Bertz CT molecular complexity index is 743. The summed E-state index contributed by atoms with van der Waals surface area (Å²) < 4.78 is 17.5. The summed E-state index contributed by atoms with van der Waals surface area (Å²) in [4.78, 5) is 39.4. The second-order valence-corrected chi connectivity index (χ2v) is 10.9. The van der Waals surface area contributed by atoms with Crippen LogP contribution in [0.25, 0.3) is 0 Å². The molecule has 0 aromatic heterocycles. The predicted octanol–water partition coefficient (Wildman–Crippen LogP) is 7.33. The van der Waals surface area contributed by atoms with Crippen LogP contribution in [0.15, 0.2) is 18.2 Å². The molecule has 3 saturated carbocycles. The molecular weight excluding hydrogens is 456 g/mol. The van der Waals surface area contributed by atoms with Gasteiger partial charge < -0.3 is 14.2 Å². The average Bonchev–Trinajstić information content (AvgIpc) is 3.40. The van der Waals surface area contributed by atoms with E-state index in [9.17, 15) is 14.4 Å². The van der Waals surface area contributed by atoms with Crippen LogP contribution in [0.3, 0.4) is 0 Å². The Morgan fingerprint density at radius 2 is 0.639 bits per heavy atom. The van der Waals surface area contributed by atoms with Crippen LogP contribution in [0.2, 0.25) is 0 Å². The van der Waals surface area contributed by atoms with Gasteiger partial charge in [0.15, 0.2) is 0 Å². The third kappa shape index (κ3) is 8.07. The molecule has 0 heterocycles. The molecule has 0 saturated heterocycles. The van der Waals surface area contributed by atoms with E-state index in [0.29, 0.717) is 0 Å². The standard InChI is InChI=1S/C30H42O6/c31-28(34-25-13-7-1-2-8-14-25)22-19-23(29(32)35-26-15-9-3-4-10-16-26)21-24(20-22)30(33)36-27-17-11-5-6-12-18-27/h19-21,25-27H,1-18H2. The molecule has 6 nitrogen and oxygen atoms in total. The molecule has 0 unspecified atom stereocenters. The second-order valence-electron chi connectivity index (χ2n) is 10.9. The third-order valence-electron chi connectivity index (χ3n) is 7.87. The number of hydrogen-bond donors (Lipinski definition) is 0. The highest BCUT2D eigenvalue weighted by Crippen LogP contribution is 2.25. The molecule has 3 fully saturated rings. The van der Waals surface area contributed by atoms with E-state index in [1.165, 1.54) is 18.2 Å². The highest BCUT2D eigenvalue weighted by Gasteiger charge is 2.25. The molecular formula is C30H42O6. The highest BCUT2D eigenvalue weighted by molar-refractivity contribution is 6.00. The zero-order valence-electron chi connectivity index (χ0n) is 21.6. The Balaban J connectivity index is 1.52. The van der Waals surface area contributed by atoms with Gasteiger partial charge in [0.25, 0.3) is 0 Å². The summed E-state index contributed by atoms with van der Waals surface area (Å²) in [7, 11) is 0. The zero-order valence-corrected chi connectivity index (χ0v) is 21.6. The Labute approximate surface area is 215 Å². The molecule has 0 bridgehead atoms. The smallest absolute Gasteiger partial charge is 0.338 e. The van der Waals surface area contributed by atoms with Crippen LogP contribution in [0.5, 0.6) is 0 Å². The lowest BCUT2D eigenvalue weighted by molar-refractivity contribution is 0.0264. The van der Waals surface area contributed by atoms with E-state index in [-0.39, 0.29) is 35.0 Å². The number of carbonyl (C=O) groups is 3. The molecule has 3 aliphatic carbocycles. The minimum Gasteiger partial charge on any atom is -0.459 e. The van der Waals surface area contributed by atoms with Crippen molar-refractivity contribution in [1.29, 1.82) is 0 Å². The van der Waals surface area contributed by atoms with Crippen molar-refractivity contribution < 1.29 is 28.6 Å². The topological polar surface area (TPSA) is 78.9 Å². The molecule has 1 aromatic carbocycles. The maximum Gasteiger partial charge on any atom is 0.338 e. The summed E-state index contributed by atoms with van der Waals surface area (Å²) in [6.45, 7) is 0. The lowest BCUT2D eigenvalue weighted by atomic mass is 10.0. The maximum atomic E-state index is 13.1. The predicted molar refractivity (Wildman–Crippen MR) is 137 cm³/mol. The van der Waals surface area contributed by atoms with Gasteiger partial charge in [-0.2, -0.15) is 0 Å². The van der Waals surface area contributed by atoms with Crippen LogP contribution in [-0.2, 0) is 14.2 Å². The van der Waals surface area contributed by atoms with Gasteiger partial charge in [0.2, 0.25) is 0 Å². The summed E-state index contributed by atoms with van der Waals surface area (Å²) in [5.41, 5.74) is 0.632. The first-order valence-corrected chi connectivity index (χ1v) is 14.4. The van der Waals surface area contributed by atoms with Gasteiger partial charge in [-0.3, -0.25) is 0 Å². The Hall–Kier alpha value is -2.37. The Morgan fingerprint density at radius 1 is 0.417 bits per heavy atom. The fourth-order valence-electron chi connectivity index (χ4n) is 5.72. The van der Waals surface area contributed by atoms with Gasteiger partial charge in [-0.15, -0.1) is 0 Å². The first kappa shape index (κ1) is 26.7. The molecule has 198 valence electrons. The molecule has 3 aliphatic rings. The monoisotopic (exact) mass is 498 g/mol. The number of rotatable bonds is 6. The van der Waals surface area contributed by atoms with Gasteiger partial charge >= 0.3 is 17.9 Å².